The zero-order chi connectivity index (χ0) is 25.6. The summed E-state index contributed by atoms with van der Waals surface area (Å²) in [5, 5.41) is 22.8. The fraction of sp³-hybridized carbons (Fsp3) is 0.310. The Balaban J connectivity index is 1.36. The van der Waals surface area contributed by atoms with Crippen molar-refractivity contribution < 1.29 is 9.90 Å². The highest BCUT2D eigenvalue weighted by molar-refractivity contribution is 7.12. The predicted molar refractivity (Wildman–Crippen MR) is 152 cm³/mol. The second-order valence-corrected chi connectivity index (χ2v) is 10.4. The van der Waals surface area contributed by atoms with Crippen LogP contribution >= 0.6 is 11.3 Å². The first-order valence-electron chi connectivity index (χ1n) is 12.8. The molecule has 1 saturated heterocycles. The van der Waals surface area contributed by atoms with Crippen molar-refractivity contribution in [2.75, 3.05) is 44.6 Å². The second kappa shape index (κ2) is 11.8. The van der Waals surface area contributed by atoms with Gasteiger partial charge in [-0.3, -0.25) is 14.8 Å². The van der Waals surface area contributed by atoms with Gasteiger partial charge >= 0.3 is 0 Å². The number of aryl methyl sites for hydroxylation is 1. The third-order valence-electron chi connectivity index (χ3n) is 6.86. The lowest BCUT2D eigenvalue weighted by Crippen LogP contribution is -2.46. The molecule has 0 bridgehead atoms. The number of nitrogens with one attached hydrogen (secondary N) is 2. The molecule has 4 aromatic rings. The number of H-pyrrole nitrogens is 1. The van der Waals surface area contributed by atoms with Crippen LogP contribution in [0.2, 0.25) is 0 Å². The van der Waals surface area contributed by atoms with Gasteiger partial charge in [0.2, 0.25) is 0 Å². The fourth-order valence-electron chi connectivity index (χ4n) is 4.74. The van der Waals surface area contributed by atoms with Crippen molar-refractivity contribution in [3.05, 3.63) is 81.2 Å². The molecule has 1 amide bonds. The molecule has 0 aliphatic carbocycles. The maximum absolute atomic E-state index is 13.1. The Bertz CT molecular complexity index is 1380. The number of hydrogen-bond acceptors (Lipinski definition) is 6. The minimum Gasteiger partial charge on any atom is -0.396 e. The number of piperazine rings is 1. The Morgan fingerprint density at radius 1 is 1.11 bits per heavy atom. The first kappa shape index (κ1) is 25.4. The Hall–Kier alpha value is -3.30. The van der Waals surface area contributed by atoms with E-state index in [0.717, 1.165) is 84.0 Å². The van der Waals surface area contributed by atoms with Gasteiger partial charge in [0.15, 0.2) is 0 Å². The molecule has 1 aliphatic rings. The van der Waals surface area contributed by atoms with Crippen LogP contribution in [-0.2, 0) is 6.54 Å². The van der Waals surface area contributed by atoms with Crippen LogP contribution in [0.15, 0.2) is 53.9 Å². The van der Waals surface area contributed by atoms with Crippen LogP contribution in [0.5, 0.6) is 0 Å². The number of carbonyl (C=O) groups is 1. The quantitative estimate of drug-likeness (QED) is 0.297. The van der Waals surface area contributed by atoms with E-state index in [1.807, 2.05) is 54.8 Å². The number of nitrogens with zero attached hydrogens (tertiary/aromatic N) is 3. The summed E-state index contributed by atoms with van der Waals surface area (Å²) in [6, 6.07) is 16.3. The first-order chi connectivity index (χ1) is 18.1. The minimum absolute atomic E-state index is 0.0815. The van der Waals surface area contributed by atoms with E-state index < -0.39 is 0 Å². The monoisotopic (exact) mass is 515 g/mol. The number of anilines is 1. The number of aromatic nitrogens is 2. The molecule has 0 unspecified atom stereocenters. The Morgan fingerprint density at radius 3 is 2.70 bits per heavy atom. The molecule has 37 heavy (non-hydrogen) atoms. The number of benzene rings is 2. The Labute approximate surface area is 221 Å². The van der Waals surface area contributed by atoms with Gasteiger partial charge in [0.25, 0.3) is 5.91 Å². The summed E-state index contributed by atoms with van der Waals surface area (Å²) in [7, 11) is 0. The molecule has 8 heteroatoms. The molecule has 2 aromatic heterocycles. The molecule has 3 heterocycles. The van der Waals surface area contributed by atoms with Gasteiger partial charge in [0.1, 0.15) is 0 Å². The molecular formula is C29H33N5O2S. The molecule has 5 rings (SSSR count). The maximum atomic E-state index is 13.1. The van der Waals surface area contributed by atoms with E-state index in [1.54, 1.807) is 0 Å². The number of carbonyl (C=O) groups excluding carboxylic acids is 1. The molecule has 3 N–H and O–H groups in total. The standard InChI is InChI=1S/C29H33N5O2S/c1-21-11-18-37-28(21)29(36)30-27-19-22(20-34-15-13-33(14-16-34)12-4-17-35)7-8-23(27)9-10-26-24-5-2-3-6-25(24)31-32-26/h2-3,5-11,18-19,35H,4,12-17,20H2,1H3,(H,30,36)(H,31,32)/b10-9+. The predicted octanol–water partition coefficient (Wildman–Crippen LogP) is 4.86. The van der Waals surface area contributed by atoms with E-state index in [1.165, 1.54) is 16.9 Å². The molecule has 1 fully saturated rings. The highest BCUT2D eigenvalue weighted by Crippen LogP contribution is 2.25. The summed E-state index contributed by atoms with van der Waals surface area (Å²) in [4.78, 5) is 18.7. The molecule has 2 aromatic carbocycles. The van der Waals surface area contributed by atoms with E-state index in [4.69, 9.17) is 5.11 Å². The maximum Gasteiger partial charge on any atom is 0.266 e. The van der Waals surface area contributed by atoms with Crippen molar-refractivity contribution in [3.8, 4) is 0 Å². The van der Waals surface area contributed by atoms with Crippen molar-refractivity contribution in [2.24, 2.45) is 0 Å². The number of hydrogen-bond donors (Lipinski definition) is 3. The van der Waals surface area contributed by atoms with Crippen molar-refractivity contribution in [1.29, 1.82) is 0 Å². The topological polar surface area (TPSA) is 84.5 Å². The minimum atomic E-state index is -0.0815. The van der Waals surface area contributed by atoms with E-state index >= 15 is 0 Å². The van der Waals surface area contributed by atoms with Crippen LogP contribution in [0.25, 0.3) is 23.1 Å². The lowest BCUT2D eigenvalue weighted by atomic mass is 10.1. The number of fused-ring (bicyclic) bond motifs is 1. The van der Waals surface area contributed by atoms with Crippen LogP contribution in [0.3, 0.4) is 0 Å². The van der Waals surface area contributed by atoms with Gasteiger partial charge in [-0.05, 0) is 59.7 Å². The van der Waals surface area contributed by atoms with Crippen LogP contribution in [0, 0.1) is 6.92 Å². The highest BCUT2D eigenvalue weighted by atomic mass is 32.1. The lowest BCUT2D eigenvalue weighted by Gasteiger charge is -2.34. The normalized spacial score (nSPS) is 15.1. The highest BCUT2D eigenvalue weighted by Gasteiger charge is 2.18. The summed E-state index contributed by atoms with van der Waals surface area (Å²) in [6.07, 6.45) is 4.84. The molecule has 0 spiro atoms. The number of thiophene rings is 1. The molecule has 1 aliphatic heterocycles. The third kappa shape index (κ3) is 6.17. The summed E-state index contributed by atoms with van der Waals surface area (Å²) < 4.78 is 0. The Morgan fingerprint density at radius 2 is 1.92 bits per heavy atom. The fourth-order valence-corrected chi connectivity index (χ4v) is 5.56. The average molecular weight is 516 g/mol. The molecule has 7 nitrogen and oxygen atoms in total. The van der Waals surface area contributed by atoms with Gasteiger partial charge in [-0.25, -0.2) is 0 Å². The van der Waals surface area contributed by atoms with Crippen molar-refractivity contribution in [2.45, 2.75) is 19.9 Å². The molecule has 0 atom stereocenters. The molecule has 0 saturated carbocycles. The average Bonchev–Trinajstić information content (AvgIpc) is 3.54. The smallest absolute Gasteiger partial charge is 0.266 e. The Kier molecular flexibility index (Phi) is 8.11. The molecule has 192 valence electrons. The van der Waals surface area contributed by atoms with Gasteiger partial charge in [0, 0.05) is 56.9 Å². The van der Waals surface area contributed by atoms with Crippen LogP contribution < -0.4 is 5.32 Å². The first-order valence-corrected chi connectivity index (χ1v) is 13.6. The number of rotatable bonds is 9. The van der Waals surface area contributed by atoms with E-state index in [-0.39, 0.29) is 12.5 Å². The third-order valence-corrected chi connectivity index (χ3v) is 7.87. The van der Waals surface area contributed by atoms with E-state index in [9.17, 15) is 4.79 Å². The zero-order valence-corrected chi connectivity index (χ0v) is 21.9. The summed E-state index contributed by atoms with van der Waals surface area (Å²) in [6.45, 7) is 8.02. The van der Waals surface area contributed by atoms with Crippen molar-refractivity contribution in [3.63, 3.8) is 0 Å². The van der Waals surface area contributed by atoms with Crippen LogP contribution in [0.4, 0.5) is 5.69 Å². The number of aliphatic hydroxyl groups excluding tert-OH is 1. The van der Waals surface area contributed by atoms with Gasteiger partial charge in [0.05, 0.1) is 16.1 Å². The van der Waals surface area contributed by atoms with Gasteiger partial charge in [-0.15, -0.1) is 11.3 Å². The zero-order valence-electron chi connectivity index (χ0n) is 21.1. The van der Waals surface area contributed by atoms with Gasteiger partial charge in [-0.1, -0.05) is 36.4 Å². The van der Waals surface area contributed by atoms with Gasteiger partial charge < -0.3 is 15.3 Å². The van der Waals surface area contributed by atoms with E-state index in [2.05, 4.69) is 43.5 Å². The number of para-hydroxylation sites is 1. The largest absolute Gasteiger partial charge is 0.396 e. The second-order valence-electron chi connectivity index (χ2n) is 9.49. The van der Waals surface area contributed by atoms with Crippen molar-refractivity contribution in [1.82, 2.24) is 20.0 Å². The van der Waals surface area contributed by atoms with Crippen LogP contribution in [0.1, 0.15) is 38.5 Å². The number of aliphatic hydroxyl groups is 1. The SMILES string of the molecule is Cc1ccsc1C(=O)Nc1cc(CN2CCN(CCCO)CC2)ccc1/C=C/c1n[nH]c2ccccc12. The van der Waals surface area contributed by atoms with Gasteiger partial charge in [-0.2, -0.15) is 5.10 Å². The van der Waals surface area contributed by atoms with Crippen LogP contribution in [-0.4, -0.2) is 70.3 Å². The summed E-state index contributed by atoms with van der Waals surface area (Å²) in [5.74, 6) is -0.0815. The van der Waals surface area contributed by atoms with Crippen molar-refractivity contribution >= 4 is 46.0 Å². The summed E-state index contributed by atoms with van der Waals surface area (Å²) >= 11 is 1.46. The summed E-state index contributed by atoms with van der Waals surface area (Å²) in [5.41, 5.74) is 5.75. The lowest BCUT2D eigenvalue weighted by molar-refractivity contribution is 0.103. The molecule has 0 radical (unpaired) electrons. The molecular weight excluding hydrogens is 482 g/mol. The number of aromatic amines is 1. The number of amides is 1. The van der Waals surface area contributed by atoms with E-state index in [0.29, 0.717) is 0 Å².